The number of anilines is 1. The van der Waals surface area contributed by atoms with Gasteiger partial charge in [-0.3, -0.25) is 4.98 Å². The molecule has 0 fully saturated rings. The number of fused-ring (bicyclic) bond motifs is 2. The first-order valence-electron chi connectivity index (χ1n) is 8.45. The van der Waals surface area contributed by atoms with Gasteiger partial charge in [0.1, 0.15) is 5.52 Å². The van der Waals surface area contributed by atoms with Gasteiger partial charge in [0.25, 0.3) is 0 Å². The van der Waals surface area contributed by atoms with Gasteiger partial charge in [0, 0.05) is 6.20 Å². The van der Waals surface area contributed by atoms with Crippen LogP contribution in [0.3, 0.4) is 0 Å². The molecule has 3 aromatic rings. The van der Waals surface area contributed by atoms with E-state index >= 15 is 0 Å². The topological polar surface area (TPSA) is 59.9 Å². The third kappa shape index (κ3) is 2.77. The van der Waals surface area contributed by atoms with Gasteiger partial charge >= 0.3 is 6.01 Å². The van der Waals surface area contributed by atoms with Crippen molar-refractivity contribution in [2.75, 3.05) is 11.9 Å². The lowest BCUT2D eigenvalue weighted by atomic mass is 9.88. The molecule has 2 heterocycles. The number of aryl methyl sites for hydroxylation is 1. The van der Waals surface area contributed by atoms with Crippen LogP contribution in [-0.4, -0.2) is 21.6 Å². The molecule has 1 N–H and O–H groups in total. The number of rotatable bonds is 4. The number of benzene rings is 1. The van der Waals surface area contributed by atoms with Gasteiger partial charge in [-0.2, -0.15) is 9.97 Å². The normalized spacial score (nSPS) is 16.6. The Morgan fingerprint density at radius 2 is 2.08 bits per heavy atom. The molecule has 0 saturated carbocycles. The Bertz CT molecular complexity index is 865. The van der Waals surface area contributed by atoms with Gasteiger partial charge in [-0.15, -0.1) is 0 Å². The van der Waals surface area contributed by atoms with Crippen molar-refractivity contribution in [3.05, 3.63) is 53.7 Å². The van der Waals surface area contributed by atoms with Gasteiger partial charge in [0.2, 0.25) is 0 Å². The van der Waals surface area contributed by atoms with Crippen LogP contribution >= 0.6 is 0 Å². The molecule has 0 amide bonds. The summed E-state index contributed by atoms with van der Waals surface area (Å²) >= 11 is 0. The first-order valence-corrected chi connectivity index (χ1v) is 8.45. The van der Waals surface area contributed by atoms with Crippen molar-refractivity contribution < 1.29 is 4.74 Å². The predicted molar refractivity (Wildman–Crippen MR) is 94.2 cm³/mol. The lowest BCUT2D eigenvalue weighted by molar-refractivity contribution is 0.314. The zero-order valence-electron chi connectivity index (χ0n) is 13.7. The van der Waals surface area contributed by atoms with Crippen LogP contribution in [-0.2, 0) is 6.42 Å². The Kier molecular flexibility index (Phi) is 3.99. The van der Waals surface area contributed by atoms with Crippen LogP contribution in [0.15, 0.2) is 42.6 Å². The minimum Gasteiger partial charge on any atom is -0.464 e. The molecule has 4 rings (SSSR count). The first kappa shape index (κ1) is 14.9. The monoisotopic (exact) mass is 320 g/mol. The molecule has 0 aliphatic heterocycles. The van der Waals surface area contributed by atoms with Gasteiger partial charge in [0.05, 0.1) is 18.2 Å². The van der Waals surface area contributed by atoms with E-state index in [4.69, 9.17) is 4.74 Å². The molecule has 1 aliphatic carbocycles. The summed E-state index contributed by atoms with van der Waals surface area (Å²) in [6.45, 7) is 2.47. The van der Waals surface area contributed by atoms with Gasteiger partial charge in [0.15, 0.2) is 5.82 Å². The van der Waals surface area contributed by atoms with Crippen LogP contribution in [0.4, 0.5) is 5.82 Å². The largest absolute Gasteiger partial charge is 0.464 e. The third-order valence-corrected chi connectivity index (χ3v) is 4.39. The van der Waals surface area contributed by atoms with Gasteiger partial charge in [-0.05, 0) is 49.4 Å². The second-order valence-corrected chi connectivity index (χ2v) is 5.95. The van der Waals surface area contributed by atoms with Crippen LogP contribution < -0.4 is 10.1 Å². The fraction of sp³-hybridized carbons (Fsp3) is 0.316. The minimum absolute atomic E-state index is 0.240. The maximum Gasteiger partial charge on any atom is 0.319 e. The second-order valence-electron chi connectivity index (χ2n) is 5.95. The lowest BCUT2D eigenvalue weighted by Gasteiger charge is -2.27. The van der Waals surface area contributed by atoms with Gasteiger partial charge in [-0.25, -0.2) is 0 Å². The molecular formula is C19H20N4O. The molecule has 24 heavy (non-hydrogen) atoms. The summed E-state index contributed by atoms with van der Waals surface area (Å²) in [5, 5.41) is 3.59. The van der Waals surface area contributed by atoms with Crippen LogP contribution in [0.2, 0.25) is 0 Å². The average molecular weight is 320 g/mol. The molecule has 1 aromatic carbocycles. The molecule has 0 radical (unpaired) electrons. The minimum atomic E-state index is 0.240. The van der Waals surface area contributed by atoms with Crippen molar-refractivity contribution in [2.45, 2.75) is 32.2 Å². The number of nitrogens with one attached hydrogen (secondary N) is 1. The third-order valence-electron chi connectivity index (χ3n) is 4.39. The van der Waals surface area contributed by atoms with E-state index in [0.29, 0.717) is 12.6 Å². The fourth-order valence-electron chi connectivity index (χ4n) is 3.31. The molecule has 0 spiro atoms. The van der Waals surface area contributed by atoms with Gasteiger partial charge in [-0.1, -0.05) is 24.3 Å². The quantitative estimate of drug-likeness (QED) is 0.789. The standard InChI is InChI=1S/C19H20N4O/c1-2-24-19-22-16-11-6-12-20-17(16)18(23-19)21-15-10-5-8-13-7-3-4-9-14(13)15/h3-4,6-7,9,11-12,15H,2,5,8,10H2,1H3,(H,21,22,23). The molecule has 5 heteroatoms. The molecule has 1 unspecified atom stereocenters. The Morgan fingerprint density at radius 3 is 3.00 bits per heavy atom. The van der Waals surface area contributed by atoms with E-state index in [2.05, 4.69) is 44.5 Å². The summed E-state index contributed by atoms with van der Waals surface area (Å²) < 4.78 is 5.52. The van der Waals surface area contributed by atoms with E-state index < -0.39 is 0 Å². The smallest absolute Gasteiger partial charge is 0.319 e. The number of ether oxygens (including phenoxy) is 1. The highest BCUT2D eigenvalue weighted by Gasteiger charge is 2.21. The SMILES string of the molecule is CCOc1nc(NC2CCCc3ccccc32)c2ncccc2n1. The number of hydrogen-bond donors (Lipinski definition) is 1. The summed E-state index contributed by atoms with van der Waals surface area (Å²) in [7, 11) is 0. The van der Waals surface area contributed by atoms with Crippen molar-refractivity contribution >= 4 is 16.9 Å². The lowest BCUT2D eigenvalue weighted by Crippen LogP contribution is -2.18. The maximum atomic E-state index is 5.52. The molecule has 2 aromatic heterocycles. The molecule has 1 atom stereocenters. The second kappa shape index (κ2) is 6.43. The maximum absolute atomic E-state index is 5.52. The zero-order chi connectivity index (χ0) is 16.4. The van der Waals surface area contributed by atoms with E-state index in [1.807, 2.05) is 19.1 Å². The Labute approximate surface area is 141 Å². The fourth-order valence-corrected chi connectivity index (χ4v) is 3.31. The van der Waals surface area contributed by atoms with Crippen LogP contribution in [0.25, 0.3) is 11.0 Å². The Balaban J connectivity index is 1.74. The average Bonchev–Trinajstić information content (AvgIpc) is 2.62. The highest BCUT2D eigenvalue weighted by atomic mass is 16.5. The molecule has 0 bridgehead atoms. The van der Waals surface area contributed by atoms with Crippen molar-refractivity contribution in [1.29, 1.82) is 0 Å². The highest BCUT2D eigenvalue weighted by Crippen LogP contribution is 2.33. The summed E-state index contributed by atoms with van der Waals surface area (Å²) in [5.41, 5.74) is 4.34. The van der Waals surface area contributed by atoms with Crippen LogP contribution in [0.1, 0.15) is 36.9 Å². The summed E-state index contributed by atoms with van der Waals surface area (Å²) in [5.74, 6) is 0.741. The number of nitrogens with zero attached hydrogens (tertiary/aromatic N) is 3. The number of pyridine rings is 1. The van der Waals surface area contributed by atoms with Crippen LogP contribution in [0, 0.1) is 0 Å². The molecule has 0 saturated heterocycles. The van der Waals surface area contributed by atoms with E-state index in [1.165, 1.54) is 17.5 Å². The Morgan fingerprint density at radius 1 is 1.17 bits per heavy atom. The van der Waals surface area contributed by atoms with Crippen molar-refractivity contribution in [3.8, 4) is 6.01 Å². The number of hydrogen-bond acceptors (Lipinski definition) is 5. The molecule has 5 nitrogen and oxygen atoms in total. The van der Waals surface area contributed by atoms with Gasteiger partial charge < -0.3 is 10.1 Å². The predicted octanol–water partition coefficient (Wildman–Crippen LogP) is 3.91. The van der Waals surface area contributed by atoms with E-state index in [-0.39, 0.29) is 6.04 Å². The summed E-state index contributed by atoms with van der Waals surface area (Å²) in [6.07, 6.45) is 5.16. The molecular weight excluding hydrogens is 300 g/mol. The first-order chi connectivity index (χ1) is 11.8. The van der Waals surface area contributed by atoms with Crippen molar-refractivity contribution in [1.82, 2.24) is 15.0 Å². The summed E-state index contributed by atoms with van der Waals surface area (Å²) in [6, 6.07) is 13.1. The Hall–Kier alpha value is -2.69. The van der Waals surface area contributed by atoms with Crippen molar-refractivity contribution in [2.24, 2.45) is 0 Å². The number of aromatic nitrogens is 3. The van der Waals surface area contributed by atoms with E-state index in [9.17, 15) is 0 Å². The van der Waals surface area contributed by atoms with Crippen LogP contribution in [0.5, 0.6) is 6.01 Å². The summed E-state index contributed by atoms with van der Waals surface area (Å²) in [4.78, 5) is 13.4. The highest BCUT2D eigenvalue weighted by molar-refractivity contribution is 5.85. The van der Waals surface area contributed by atoms with Crippen molar-refractivity contribution in [3.63, 3.8) is 0 Å². The van der Waals surface area contributed by atoms with E-state index in [1.54, 1.807) is 6.20 Å². The van der Waals surface area contributed by atoms with E-state index in [0.717, 1.165) is 29.7 Å². The molecule has 1 aliphatic rings. The zero-order valence-corrected chi connectivity index (χ0v) is 13.7. The molecule has 122 valence electrons.